The van der Waals surface area contributed by atoms with Gasteiger partial charge in [-0.3, -0.25) is 0 Å². The summed E-state index contributed by atoms with van der Waals surface area (Å²) >= 11 is 2.27. The zero-order valence-corrected chi connectivity index (χ0v) is 12.8. The SMILES string of the molecule is COc1ncnc(OC)c1CNc1cccc(I)c1. The number of nitrogens with one attached hydrogen (secondary N) is 1. The van der Waals surface area contributed by atoms with E-state index >= 15 is 0 Å². The topological polar surface area (TPSA) is 56.3 Å². The molecule has 19 heavy (non-hydrogen) atoms. The Hall–Kier alpha value is -1.57. The highest BCUT2D eigenvalue weighted by Gasteiger charge is 2.12. The number of benzene rings is 1. The van der Waals surface area contributed by atoms with Crippen LogP contribution in [0.1, 0.15) is 5.56 Å². The van der Waals surface area contributed by atoms with Crippen LogP contribution in [0.5, 0.6) is 11.8 Å². The van der Waals surface area contributed by atoms with Gasteiger partial charge >= 0.3 is 0 Å². The van der Waals surface area contributed by atoms with Crippen LogP contribution in [-0.4, -0.2) is 24.2 Å². The van der Waals surface area contributed by atoms with Crippen LogP contribution in [0, 0.1) is 3.57 Å². The number of hydrogen-bond acceptors (Lipinski definition) is 5. The van der Waals surface area contributed by atoms with E-state index in [2.05, 4.69) is 43.9 Å². The summed E-state index contributed by atoms with van der Waals surface area (Å²) in [7, 11) is 3.16. The van der Waals surface area contributed by atoms with Gasteiger partial charge in [-0.15, -0.1) is 0 Å². The minimum Gasteiger partial charge on any atom is -0.481 e. The predicted octanol–water partition coefficient (Wildman–Crippen LogP) is 2.71. The van der Waals surface area contributed by atoms with Crippen LogP contribution in [0.3, 0.4) is 0 Å². The van der Waals surface area contributed by atoms with Gasteiger partial charge in [-0.2, -0.15) is 0 Å². The third-order valence-corrected chi connectivity index (χ3v) is 3.22. The summed E-state index contributed by atoms with van der Waals surface area (Å²) < 4.78 is 11.6. The zero-order valence-electron chi connectivity index (χ0n) is 10.7. The molecule has 0 unspecified atom stereocenters. The van der Waals surface area contributed by atoms with Crippen molar-refractivity contribution in [1.82, 2.24) is 9.97 Å². The molecular weight excluding hydrogens is 357 g/mol. The standard InChI is InChI=1S/C13H14IN3O2/c1-18-12-11(13(19-2)17-8-16-12)7-15-10-5-3-4-9(14)6-10/h3-6,8,15H,7H2,1-2H3. The number of aromatic nitrogens is 2. The molecule has 0 bridgehead atoms. The van der Waals surface area contributed by atoms with Gasteiger partial charge in [-0.1, -0.05) is 6.07 Å². The lowest BCUT2D eigenvalue weighted by atomic mass is 10.2. The third kappa shape index (κ3) is 3.46. The van der Waals surface area contributed by atoms with E-state index in [0.29, 0.717) is 18.3 Å². The molecule has 0 aliphatic rings. The van der Waals surface area contributed by atoms with Crippen molar-refractivity contribution in [3.63, 3.8) is 0 Å². The van der Waals surface area contributed by atoms with E-state index in [1.807, 2.05) is 18.2 Å². The molecule has 1 aromatic carbocycles. The summed E-state index contributed by atoms with van der Waals surface area (Å²) in [6.45, 7) is 0.535. The Morgan fingerprint density at radius 3 is 2.42 bits per heavy atom. The number of ether oxygens (including phenoxy) is 2. The van der Waals surface area contributed by atoms with Crippen LogP contribution in [0.2, 0.25) is 0 Å². The average molecular weight is 371 g/mol. The normalized spacial score (nSPS) is 10.1. The molecule has 0 spiro atoms. The van der Waals surface area contributed by atoms with Gasteiger partial charge in [0.25, 0.3) is 0 Å². The van der Waals surface area contributed by atoms with Gasteiger partial charge in [0.1, 0.15) is 6.33 Å². The molecular formula is C13H14IN3O2. The average Bonchev–Trinajstić information content (AvgIpc) is 2.44. The predicted molar refractivity (Wildman–Crippen MR) is 81.6 cm³/mol. The number of methoxy groups -OCH3 is 2. The monoisotopic (exact) mass is 371 g/mol. The molecule has 5 nitrogen and oxygen atoms in total. The summed E-state index contributed by atoms with van der Waals surface area (Å²) in [5, 5.41) is 3.31. The molecule has 1 heterocycles. The van der Waals surface area contributed by atoms with Crippen molar-refractivity contribution in [2.75, 3.05) is 19.5 Å². The Morgan fingerprint density at radius 2 is 1.84 bits per heavy atom. The van der Waals surface area contributed by atoms with E-state index in [1.54, 1.807) is 14.2 Å². The number of halogens is 1. The van der Waals surface area contributed by atoms with Gasteiger partial charge in [0.15, 0.2) is 0 Å². The summed E-state index contributed by atoms with van der Waals surface area (Å²) in [5.41, 5.74) is 1.83. The molecule has 0 atom stereocenters. The van der Waals surface area contributed by atoms with Gasteiger partial charge in [0, 0.05) is 9.26 Å². The van der Waals surface area contributed by atoms with E-state index in [4.69, 9.17) is 9.47 Å². The first kappa shape index (κ1) is 13.9. The summed E-state index contributed by atoms with van der Waals surface area (Å²) in [6.07, 6.45) is 1.42. The zero-order chi connectivity index (χ0) is 13.7. The fourth-order valence-electron chi connectivity index (χ4n) is 1.67. The number of anilines is 1. The molecule has 1 aromatic heterocycles. The van der Waals surface area contributed by atoms with E-state index < -0.39 is 0 Å². The van der Waals surface area contributed by atoms with Crippen molar-refractivity contribution in [3.8, 4) is 11.8 Å². The van der Waals surface area contributed by atoms with Crippen molar-refractivity contribution in [2.45, 2.75) is 6.54 Å². The maximum absolute atomic E-state index is 5.23. The maximum Gasteiger partial charge on any atom is 0.225 e. The summed E-state index contributed by atoms with van der Waals surface area (Å²) in [6, 6.07) is 8.10. The van der Waals surface area contributed by atoms with E-state index in [0.717, 1.165) is 11.3 Å². The van der Waals surface area contributed by atoms with Gasteiger partial charge < -0.3 is 14.8 Å². The Balaban J connectivity index is 2.19. The van der Waals surface area contributed by atoms with Crippen LogP contribution in [-0.2, 0) is 6.54 Å². The molecule has 0 radical (unpaired) electrons. The molecule has 0 aliphatic carbocycles. The fourth-order valence-corrected chi connectivity index (χ4v) is 2.22. The first-order valence-corrected chi connectivity index (χ1v) is 6.73. The second-order valence-electron chi connectivity index (χ2n) is 3.73. The highest BCUT2D eigenvalue weighted by atomic mass is 127. The largest absolute Gasteiger partial charge is 0.481 e. The van der Waals surface area contributed by atoms with E-state index in [1.165, 1.54) is 9.90 Å². The van der Waals surface area contributed by atoms with Gasteiger partial charge in [-0.05, 0) is 40.8 Å². The van der Waals surface area contributed by atoms with Gasteiger partial charge in [0.2, 0.25) is 11.8 Å². The molecule has 0 saturated carbocycles. The van der Waals surface area contributed by atoms with Gasteiger partial charge in [-0.25, -0.2) is 9.97 Å². The highest BCUT2D eigenvalue weighted by Crippen LogP contribution is 2.24. The molecule has 0 fully saturated rings. The Morgan fingerprint density at radius 1 is 1.16 bits per heavy atom. The molecule has 1 N–H and O–H groups in total. The minimum absolute atomic E-state index is 0.518. The maximum atomic E-state index is 5.23. The lowest BCUT2D eigenvalue weighted by Crippen LogP contribution is -2.06. The van der Waals surface area contributed by atoms with Gasteiger partial charge in [0.05, 0.1) is 26.3 Å². The van der Waals surface area contributed by atoms with E-state index in [-0.39, 0.29) is 0 Å². The lowest BCUT2D eigenvalue weighted by molar-refractivity contribution is 0.363. The van der Waals surface area contributed by atoms with Crippen LogP contribution in [0.25, 0.3) is 0 Å². The molecule has 0 saturated heterocycles. The Labute approximate surface area is 125 Å². The number of rotatable bonds is 5. The van der Waals surface area contributed by atoms with Crippen molar-refractivity contribution < 1.29 is 9.47 Å². The summed E-state index contributed by atoms with van der Waals surface area (Å²) in [5.74, 6) is 1.04. The van der Waals surface area contributed by atoms with Crippen LogP contribution < -0.4 is 14.8 Å². The fraction of sp³-hybridized carbons (Fsp3) is 0.231. The smallest absolute Gasteiger partial charge is 0.225 e. The molecule has 0 amide bonds. The van der Waals surface area contributed by atoms with Crippen molar-refractivity contribution >= 4 is 28.3 Å². The van der Waals surface area contributed by atoms with Crippen LogP contribution in [0.15, 0.2) is 30.6 Å². The lowest BCUT2D eigenvalue weighted by Gasteiger charge is -2.12. The molecule has 2 rings (SSSR count). The van der Waals surface area contributed by atoms with Crippen molar-refractivity contribution in [2.24, 2.45) is 0 Å². The van der Waals surface area contributed by atoms with E-state index in [9.17, 15) is 0 Å². The second-order valence-corrected chi connectivity index (χ2v) is 4.98. The quantitative estimate of drug-likeness (QED) is 0.820. The van der Waals surface area contributed by atoms with Crippen molar-refractivity contribution in [1.29, 1.82) is 0 Å². The Kier molecular flexibility index (Phi) is 4.78. The third-order valence-electron chi connectivity index (χ3n) is 2.55. The molecule has 6 heteroatoms. The number of hydrogen-bond donors (Lipinski definition) is 1. The van der Waals surface area contributed by atoms with Crippen molar-refractivity contribution in [3.05, 3.63) is 39.7 Å². The molecule has 0 aliphatic heterocycles. The van der Waals surface area contributed by atoms with Crippen LogP contribution in [0.4, 0.5) is 5.69 Å². The number of nitrogens with zero attached hydrogens (tertiary/aromatic N) is 2. The first-order chi connectivity index (χ1) is 9.24. The molecule has 100 valence electrons. The first-order valence-electron chi connectivity index (χ1n) is 5.66. The van der Waals surface area contributed by atoms with Crippen LogP contribution >= 0.6 is 22.6 Å². The highest BCUT2D eigenvalue weighted by molar-refractivity contribution is 14.1. The summed E-state index contributed by atoms with van der Waals surface area (Å²) in [4.78, 5) is 8.16. The minimum atomic E-state index is 0.518. The second kappa shape index (κ2) is 6.55. The Bertz CT molecular complexity index is 541. The molecule has 2 aromatic rings.